The molecule has 0 spiro atoms. The lowest BCUT2D eigenvalue weighted by atomic mass is 10.00. The van der Waals surface area contributed by atoms with Gasteiger partial charge in [0.25, 0.3) is 0 Å². The minimum Gasteiger partial charge on any atom is -0.298 e. The van der Waals surface area contributed by atoms with E-state index in [0.29, 0.717) is 6.04 Å². The van der Waals surface area contributed by atoms with Crippen molar-refractivity contribution in [1.82, 2.24) is 5.01 Å². The third kappa shape index (κ3) is 3.07. The lowest BCUT2D eigenvalue weighted by Gasteiger charge is -2.29. The third-order valence-corrected chi connectivity index (χ3v) is 4.71. The number of nitrogens with one attached hydrogen (secondary N) is 1. The Labute approximate surface area is 142 Å². The summed E-state index contributed by atoms with van der Waals surface area (Å²) in [6.45, 7) is 0. The fourth-order valence-electron chi connectivity index (χ4n) is 3.56. The number of rotatable bonds is 4. The normalized spacial score (nSPS) is 19.5. The van der Waals surface area contributed by atoms with Gasteiger partial charge in [-0.25, -0.2) is 4.39 Å². The molecule has 0 saturated carbocycles. The summed E-state index contributed by atoms with van der Waals surface area (Å²) in [5.41, 5.74) is 8.56. The first kappa shape index (κ1) is 15.0. The van der Waals surface area contributed by atoms with E-state index >= 15 is 0 Å². The van der Waals surface area contributed by atoms with E-state index in [1.807, 2.05) is 30.3 Å². The molecular formula is C21H21FN2. The molecule has 2 aromatic carbocycles. The Morgan fingerprint density at radius 2 is 1.71 bits per heavy atom. The van der Waals surface area contributed by atoms with Crippen LogP contribution in [0.2, 0.25) is 0 Å². The van der Waals surface area contributed by atoms with Crippen molar-refractivity contribution in [3.05, 3.63) is 89.4 Å². The maximum absolute atomic E-state index is 13.2. The van der Waals surface area contributed by atoms with Crippen LogP contribution in [0.3, 0.4) is 0 Å². The number of hydrogen-bond acceptors (Lipinski definition) is 2. The standard InChI is InChI=1S/C21H21FN2/c22-18-12-10-16(11-13-18)14-20-15-17-6-4-5-9-21(17)24(20)23-19-7-2-1-3-8-19/h1-3,6-13,20,23H,4-5,14-15H2. The number of benzene rings is 2. The second kappa shape index (κ2) is 6.52. The maximum atomic E-state index is 13.2. The molecule has 1 fully saturated rings. The molecule has 1 unspecified atom stereocenters. The van der Waals surface area contributed by atoms with E-state index in [1.165, 1.54) is 16.8 Å². The molecule has 24 heavy (non-hydrogen) atoms. The average molecular weight is 320 g/mol. The Hall–Kier alpha value is -2.55. The molecule has 0 aromatic heterocycles. The molecule has 2 aliphatic rings. The Balaban J connectivity index is 1.59. The molecule has 0 amide bonds. The van der Waals surface area contributed by atoms with Crippen LogP contribution in [0.5, 0.6) is 0 Å². The summed E-state index contributed by atoms with van der Waals surface area (Å²) >= 11 is 0. The van der Waals surface area contributed by atoms with Gasteiger partial charge in [-0.1, -0.05) is 42.5 Å². The first-order chi connectivity index (χ1) is 11.8. The highest BCUT2D eigenvalue weighted by atomic mass is 19.1. The van der Waals surface area contributed by atoms with Gasteiger partial charge in [0.1, 0.15) is 5.82 Å². The Morgan fingerprint density at radius 3 is 2.50 bits per heavy atom. The number of nitrogens with zero attached hydrogens (tertiary/aromatic N) is 1. The predicted octanol–water partition coefficient (Wildman–Crippen LogP) is 5.07. The zero-order chi connectivity index (χ0) is 16.4. The highest BCUT2D eigenvalue weighted by Gasteiger charge is 2.33. The summed E-state index contributed by atoms with van der Waals surface area (Å²) in [6, 6.07) is 17.5. The highest BCUT2D eigenvalue weighted by molar-refractivity contribution is 5.47. The number of halogens is 1. The van der Waals surface area contributed by atoms with Gasteiger partial charge in [-0.2, -0.15) is 0 Å². The second-order valence-electron chi connectivity index (χ2n) is 6.43. The van der Waals surface area contributed by atoms with Gasteiger partial charge < -0.3 is 0 Å². The van der Waals surface area contributed by atoms with E-state index < -0.39 is 0 Å². The number of hydrazine groups is 1. The largest absolute Gasteiger partial charge is 0.298 e. The first-order valence-electron chi connectivity index (χ1n) is 8.54. The molecule has 0 radical (unpaired) electrons. The van der Waals surface area contributed by atoms with Gasteiger partial charge in [-0.3, -0.25) is 10.4 Å². The number of para-hydroxylation sites is 1. The Morgan fingerprint density at radius 1 is 0.958 bits per heavy atom. The molecule has 1 heterocycles. The summed E-state index contributed by atoms with van der Waals surface area (Å²) < 4.78 is 13.2. The predicted molar refractivity (Wildman–Crippen MR) is 95.8 cm³/mol. The number of anilines is 1. The van der Waals surface area contributed by atoms with Crippen LogP contribution in [-0.4, -0.2) is 11.1 Å². The van der Waals surface area contributed by atoms with E-state index in [-0.39, 0.29) is 5.82 Å². The van der Waals surface area contributed by atoms with E-state index in [9.17, 15) is 4.39 Å². The molecule has 2 aromatic rings. The Kier molecular flexibility index (Phi) is 4.08. The molecule has 1 saturated heterocycles. The van der Waals surface area contributed by atoms with Gasteiger partial charge in [-0.15, -0.1) is 0 Å². The van der Waals surface area contributed by atoms with Gasteiger partial charge in [0.2, 0.25) is 0 Å². The third-order valence-electron chi connectivity index (χ3n) is 4.71. The summed E-state index contributed by atoms with van der Waals surface area (Å²) in [5.74, 6) is -0.177. The topological polar surface area (TPSA) is 15.3 Å². The van der Waals surface area contributed by atoms with Crippen molar-refractivity contribution in [2.75, 3.05) is 5.43 Å². The molecule has 1 N–H and O–H groups in total. The van der Waals surface area contributed by atoms with E-state index in [0.717, 1.165) is 31.4 Å². The number of hydrogen-bond donors (Lipinski definition) is 1. The van der Waals surface area contributed by atoms with Crippen molar-refractivity contribution in [2.45, 2.75) is 31.7 Å². The van der Waals surface area contributed by atoms with Gasteiger partial charge in [0.05, 0.1) is 17.4 Å². The quantitative estimate of drug-likeness (QED) is 0.845. The van der Waals surface area contributed by atoms with Crippen molar-refractivity contribution < 1.29 is 4.39 Å². The minimum absolute atomic E-state index is 0.177. The number of allylic oxidation sites excluding steroid dienone is 3. The lowest BCUT2D eigenvalue weighted by molar-refractivity contribution is 0.344. The summed E-state index contributed by atoms with van der Waals surface area (Å²) in [6.07, 6.45) is 8.84. The summed E-state index contributed by atoms with van der Waals surface area (Å²) in [5, 5.41) is 2.30. The van der Waals surface area contributed by atoms with Gasteiger partial charge >= 0.3 is 0 Å². The van der Waals surface area contributed by atoms with Crippen molar-refractivity contribution in [3.8, 4) is 0 Å². The summed E-state index contributed by atoms with van der Waals surface area (Å²) in [7, 11) is 0. The molecule has 0 bridgehead atoms. The molecule has 4 rings (SSSR count). The van der Waals surface area contributed by atoms with Crippen molar-refractivity contribution in [1.29, 1.82) is 0 Å². The van der Waals surface area contributed by atoms with Crippen LogP contribution in [0.4, 0.5) is 10.1 Å². The first-order valence-corrected chi connectivity index (χ1v) is 8.54. The second-order valence-corrected chi connectivity index (χ2v) is 6.43. The molecule has 3 heteroatoms. The van der Waals surface area contributed by atoms with Crippen LogP contribution in [0.25, 0.3) is 0 Å². The molecule has 1 atom stereocenters. The van der Waals surface area contributed by atoms with Crippen molar-refractivity contribution >= 4 is 5.69 Å². The van der Waals surface area contributed by atoms with Crippen LogP contribution < -0.4 is 5.43 Å². The average Bonchev–Trinajstić information content (AvgIpc) is 2.95. The van der Waals surface area contributed by atoms with Gasteiger partial charge in [0, 0.05) is 0 Å². The van der Waals surface area contributed by atoms with Gasteiger partial charge in [-0.05, 0) is 61.1 Å². The zero-order valence-electron chi connectivity index (χ0n) is 13.6. The monoisotopic (exact) mass is 320 g/mol. The molecular weight excluding hydrogens is 299 g/mol. The van der Waals surface area contributed by atoms with E-state index in [4.69, 9.17) is 0 Å². The Bertz CT molecular complexity index is 762. The number of fused-ring (bicyclic) bond motifs is 1. The zero-order valence-corrected chi connectivity index (χ0v) is 13.6. The van der Waals surface area contributed by atoms with Crippen LogP contribution in [-0.2, 0) is 6.42 Å². The van der Waals surface area contributed by atoms with Crippen LogP contribution >= 0.6 is 0 Å². The molecule has 1 aliphatic carbocycles. The van der Waals surface area contributed by atoms with Crippen LogP contribution in [0.15, 0.2) is 78.0 Å². The fourth-order valence-corrected chi connectivity index (χ4v) is 3.56. The van der Waals surface area contributed by atoms with Crippen LogP contribution in [0.1, 0.15) is 24.8 Å². The fraction of sp³-hybridized carbons (Fsp3) is 0.238. The molecule has 1 aliphatic heterocycles. The van der Waals surface area contributed by atoms with Crippen molar-refractivity contribution in [2.24, 2.45) is 0 Å². The maximum Gasteiger partial charge on any atom is 0.123 e. The molecule has 2 nitrogen and oxygen atoms in total. The minimum atomic E-state index is -0.177. The highest BCUT2D eigenvalue weighted by Crippen LogP contribution is 2.37. The summed E-state index contributed by atoms with van der Waals surface area (Å²) in [4.78, 5) is 0. The van der Waals surface area contributed by atoms with Gasteiger partial charge in [0.15, 0.2) is 0 Å². The van der Waals surface area contributed by atoms with E-state index in [2.05, 4.69) is 34.7 Å². The lowest BCUT2D eigenvalue weighted by Crippen LogP contribution is -2.35. The smallest absolute Gasteiger partial charge is 0.123 e. The van der Waals surface area contributed by atoms with Crippen LogP contribution in [0, 0.1) is 5.82 Å². The molecule has 122 valence electrons. The van der Waals surface area contributed by atoms with E-state index in [1.54, 1.807) is 12.1 Å². The van der Waals surface area contributed by atoms with Crippen molar-refractivity contribution in [3.63, 3.8) is 0 Å². The SMILES string of the molecule is Fc1ccc(CC2CC3=CCCC=C3N2Nc2ccccc2)cc1.